The Balaban J connectivity index is 1.80. The second kappa shape index (κ2) is 5.59. The zero-order valence-corrected chi connectivity index (χ0v) is 9.25. The molecule has 0 radical (unpaired) electrons. The minimum atomic E-state index is -0.810. The first kappa shape index (κ1) is 11.8. The van der Waals surface area contributed by atoms with Crippen molar-refractivity contribution in [3.8, 4) is 0 Å². The van der Waals surface area contributed by atoms with Gasteiger partial charge in [-0.3, -0.25) is 0 Å². The SMILES string of the molecule is Fc1cccc(CNCCc2ccco2)c1F. The average molecular weight is 237 g/mol. The molecule has 2 nitrogen and oxygen atoms in total. The van der Waals surface area contributed by atoms with Crippen molar-refractivity contribution >= 4 is 0 Å². The summed E-state index contributed by atoms with van der Waals surface area (Å²) in [6, 6.07) is 7.88. The van der Waals surface area contributed by atoms with Crippen molar-refractivity contribution in [1.29, 1.82) is 0 Å². The Bertz CT molecular complexity index is 468. The second-order valence-electron chi connectivity index (χ2n) is 3.72. The molecule has 2 rings (SSSR count). The summed E-state index contributed by atoms with van der Waals surface area (Å²) in [6.07, 6.45) is 2.34. The van der Waals surface area contributed by atoms with Crippen molar-refractivity contribution in [2.24, 2.45) is 0 Å². The lowest BCUT2D eigenvalue weighted by Gasteiger charge is -2.05. The van der Waals surface area contributed by atoms with Gasteiger partial charge in [0.2, 0.25) is 0 Å². The maximum Gasteiger partial charge on any atom is 0.163 e. The lowest BCUT2D eigenvalue weighted by atomic mass is 10.2. The van der Waals surface area contributed by atoms with Gasteiger partial charge in [0.05, 0.1) is 6.26 Å². The first-order valence-electron chi connectivity index (χ1n) is 5.43. The average Bonchev–Trinajstić information content (AvgIpc) is 2.83. The van der Waals surface area contributed by atoms with Crippen molar-refractivity contribution in [2.75, 3.05) is 6.54 Å². The molecule has 1 N–H and O–H groups in total. The van der Waals surface area contributed by atoms with Gasteiger partial charge in [-0.15, -0.1) is 0 Å². The summed E-state index contributed by atoms with van der Waals surface area (Å²) in [5.74, 6) is -0.717. The predicted molar refractivity (Wildman–Crippen MR) is 60.5 cm³/mol. The van der Waals surface area contributed by atoms with Gasteiger partial charge < -0.3 is 9.73 Å². The van der Waals surface area contributed by atoms with E-state index < -0.39 is 11.6 Å². The van der Waals surface area contributed by atoms with Crippen LogP contribution >= 0.6 is 0 Å². The summed E-state index contributed by atoms with van der Waals surface area (Å²) in [6.45, 7) is 0.966. The van der Waals surface area contributed by atoms with Crippen LogP contribution in [-0.2, 0) is 13.0 Å². The summed E-state index contributed by atoms with van der Waals surface area (Å²) >= 11 is 0. The van der Waals surface area contributed by atoms with E-state index in [2.05, 4.69) is 5.32 Å². The molecule has 4 heteroatoms. The standard InChI is InChI=1S/C13H13F2NO/c14-12-5-1-3-10(13(12)15)9-16-7-6-11-4-2-8-17-11/h1-5,8,16H,6-7,9H2. The van der Waals surface area contributed by atoms with Crippen LogP contribution in [0.25, 0.3) is 0 Å². The van der Waals surface area contributed by atoms with Crippen molar-refractivity contribution in [1.82, 2.24) is 5.32 Å². The minimum absolute atomic E-state index is 0.310. The summed E-state index contributed by atoms with van der Waals surface area (Å²) in [7, 11) is 0. The van der Waals surface area contributed by atoms with Gasteiger partial charge >= 0.3 is 0 Å². The normalized spacial score (nSPS) is 10.7. The number of nitrogens with one attached hydrogen (secondary N) is 1. The van der Waals surface area contributed by atoms with Crippen LogP contribution in [0.1, 0.15) is 11.3 Å². The fraction of sp³-hybridized carbons (Fsp3) is 0.231. The lowest BCUT2D eigenvalue weighted by molar-refractivity contribution is 0.484. The first-order chi connectivity index (χ1) is 8.27. The minimum Gasteiger partial charge on any atom is -0.469 e. The van der Waals surface area contributed by atoms with Crippen molar-refractivity contribution in [3.63, 3.8) is 0 Å². The summed E-state index contributed by atoms with van der Waals surface area (Å²) < 4.78 is 31.3. The van der Waals surface area contributed by atoms with Gasteiger partial charge in [0.25, 0.3) is 0 Å². The van der Waals surface area contributed by atoms with Crippen molar-refractivity contribution in [3.05, 3.63) is 59.6 Å². The number of halogens is 2. The zero-order valence-electron chi connectivity index (χ0n) is 9.25. The van der Waals surface area contributed by atoms with E-state index in [9.17, 15) is 8.78 Å². The van der Waals surface area contributed by atoms with E-state index in [1.165, 1.54) is 6.07 Å². The van der Waals surface area contributed by atoms with Crippen LogP contribution in [0.15, 0.2) is 41.0 Å². The molecule has 1 aromatic heterocycles. The van der Waals surface area contributed by atoms with Crippen LogP contribution in [0.3, 0.4) is 0 Å². The van der Waals surface area contributed by atoms with Crippen LogP contribution in [0.4, 0.5) is 8.78 Å². The molecule has 0 spiro atoms. The van der Waals surface area contributed by atoms with E-state index in [0.717, 1.165) is 18.2 Å². The molecule has 0 unspecified atom stereocenters. The van der Waals surface area contributed by atoms with Gasteiger partial charge in [-0.2, -0.15) is 0 Å². The molecule has 0 aliphatic heterocycles. The van der Waals surface area contributed by atoms with Crippen LogP contribution in [-0.4, -0.2) is 6.54 Å². The molecule has 0 aliphatic carbocycles. The molecule has 17 heavy (non-hydrogen) atoms. The molecule has 0 bridgehead atoms. The molecule has 0 saturated heterocycles. The van der Waals surface area contributed by atoms with Crippen LogP contribution in [0.2, 0.25) is 0 Å². The second-order valence-corrected chi connectivity index (χ2v) is 3.72. The molecule has 0 atom stereocenters. The van der Waals surface area contributed by atoms with Crippen LogP contribution in [0.5, 0.6) is 0 Å². The van der Waals surface area contributed by atoms with Crippen LogP contribution < -0.4 is 5.32 Å². The Labute approximate surface area is 98.3 Å². The molecule has 90 valence electrons. The van der Waals surface area contributed by atoms with E-state index in [1.54, 1.807) is 12.3 Å². The highest BCUT2D eigenvalue weighted by Crippen LogP contribution is 2.10. The maximum atomic E-state index is 13.3. The third kappa shape index (κ3) is 3.14. The monoisotopic (exact) mass is 237 g/mol. The van der Waals surface area contributed by atoms with Crippen LogP contribution in [0, 0.1) is 11.6 Å². The molecule has 0 aliphatic rings. The van der Waals surface area contributed by atoms with E-state index >= 15 is 0 Å². The Hall–Kier alpha value is -1.68. The fourth-order valence-corrected chi connectivity index (χ4v) is 1.57. The molecular weight excluding hydrogens is 224 g/mol. The Kier molecular flexibility index (Phi) is 3.88. The Morgan fingerprint density at radius 3 is 2.76 bits per heavy atom. The smallest absolute Gasteiger partial charge is 0.163 e. The number of furan rings is 1. The van der Waals surface area contributed by atoms with Crippen molar-refractivity contribution < 1.29 is 13.2 Å². The number of benzene rings is 1. The number of hydrogen-bond donors (Lipinski definition) is 1. The largest absolute Gasteiger partial charge is 0.469 e. The predicted octanol–water partition coefficient (Wildman–Crippen LogP) is 2.89. The molecule has 0 fully saturated rings. The molecule has 0 saturated carbocycles. The van der Waals surface area contributed by atoms with E-state index in [0.29, 0.717) is 18.7 Å². The van der Waals surface area contributed by atoms with E-state index in [1.807, 2.05) is 12.1 Å². The summed E-state index contributed by atoms with van der Waals surface area (Å²) in [5, 5.41) is 3.04. The third-order valence-electron chi connectivity index (χ3n) is 2.48. The highest BCUT2D eigenvalue weighted by molar-refractivity contribution is 5.18. The first-order valence-corrected chi connectivity index (χ1v) is 5.43. The lowest BCUT2D eigenvalue weighted by Crippen LogP contribution is -2.17. The van der Waals surface area contributed by atoms with E-state index in [-0.39, 0.29) is 0 Å². The van der Waals surface area contributed by atoms with Gasteiger partial charge in [0.15, 0.2) is 11.6 Å². The maximum absolute atomic E-state index is 13.3. The highest BCUT2D eigenvalue weighted by atomic mass is 19.2. The molecule has 1 aromatic carbocycles. The Morgan fingerprint density at radius 1 is 1.12 bits per heavy atom. The van der Waals surface area contributed by atoms with Gasteiger partial charge in [-0.25, -0.2) is 8.78 Å². The molecular formula is C13H13F2NO. The van der Waals surface area contributed by atoms with E-state index in [4.69, 9.17) is 4.42 Å². The zero-order chi connectivity index (χ0) is 12.1. The highest BCUT2D eigenvalue weighted by Gasteiger charge is 2.06. The van der Waals surface area contributed by atoms with Gasteiger partial charge in [-0.1, -0.05) is 12.1 Å². The molecule has 1 heterocycles. The van der Waals surface area contributed by atoms with Gasteiger partial charge in [0.1, 0.15) is 5.76 Å². The Morgan fingerprint density at radius 2 is 2.00 bits per heavy atom. The molecule has 2 aromatic rings. The number of rotatable bonds is 5. The third-order valence-corrected chi connectivity index (χ3v) is 2.48. The topological polar surface area (TPSA) is 25.2 Å². The van der Waals surface area contributed by atoms with Gasteiger partial charge in [-0.05, 0) is 18.2 Å². The number of hydrogen-bond acceptors (Lipinski definition) is 2. The fourth-order valence-electron chi connectivity index (χ4n) is 1.57. The molecule has 0 amide bonds. The van der Waals surface area contributed by atoms with Crippen molar-refractivity contribution in [2.45, 2.75) is 13.0 Å². The summed E-state index contributed by atoms with van der Waals surface area (Å²) in [4.78, 5) is 0. The quantitative estimate of drug-likeness (QED) is 0.809. The summed E-state index contributed by atoms with van der Waals surface area (Å²) in [5.41, 5.74) is 0.337. The van der Waals surface area contributed by atoms with Gasteiger partial charge in [0, 0.05) is 25.1 Å².